The minimum Gasteiger partial charge on any atom is -0.394 e. The first-order valence-corrected chi connectivity index (χ1v) is 6.15. The monoisotopic (exact) mass is 284 g/mol. The smallest absolute Gasteiger partial charge is 0.181 e. The van der Waals surface area contributed by atoms with Gasteiger partial charge in [-0.1, -0.05) is 0 Å². The topological polar surface area (TPSA) is 115 Å². The number of aliphatic hydroxyl groups is 2. The summed E-state index contributed by atoms with van der Waals surface area (Å²) in [6.45, 7) is -0.226. The standard InChI is InChI=1S/C11H15N5O4/c1-19-15-10-9-11(13-4-12-10)16(5-14-9)8-2-6(18)7(3-17)20-8/h4-8,17-18H,2-3H2,1H3,(H,12,13,15)/t6-,7+,8+/m0/s1/i5+1,12+1,14+1. The van der Waals surface area contributed by atoms with Crippen molar-refractivity contribution in [2.45, 2.75) is 24.9 Å². The Morgan fingerprint density at radius 3 is 3.05 bits per heavy atom. The van der Waals surface area contributed by atoms with Gasteiger partial charge >= 0.3 is 0 Å². The van der Waals surface area contributed by atoms with Gasteiger partial charge in [-0.2, -0.15) is 0 Å². The second-order valence-corrected chi connectivity index (χ2v) is 4.47. The van der Waals surface area contributed by atoms with Gasteiger partial charge in [0, 0.05) is 6.42 Å². The van der Waals surface area contributed by atoms with Crippen LogP contribution in [0.4, 0.5) is 5.82 Å². The normalized spacial score (nSPS) is 26.2. The molecule has 0 saturated carbocycles. The van der Waals surface area contributed by atoms with E-state index in [4.69, 9.17) is 14.7 Å². The zero-order valence-electron chi connectivity index (χ0n) is 10.8. The molecule has 0 aliphatic carbocycles. The van der Waals surface area contributed by atoms with Crippen molar-refractivity contribution >= 4 is 17.0 Å². The maximum Gasteiger partial charge on any atom is 0.181 e. The van der Waals surface area contributed by atoms with Gasteiger partial charge < -0.3 is 14.9 Å². The molecule has 3 heterocycles. The lowest BCUT2D eigenvalue weighted by molar-refractivity contribution is -0.0432. The summed E-state index contributed by atoms with van der Waals surface area (Å²) < 4.78 is 7.29. The molecule has 0 amide bonds. The second-order valence-electron chi connectivity index (χ2n) is 4.47. The number of imidazole rings is 1. The van der Waals surface area contributed by atoms with Gasteiger partial charge in [0.25, 0.3) is 0 Å². The van der Waals surface area contributed by atoms with Crippen molar-refractivity contribution < 1.29 is 19.8 Å². The van der Waals surface area contributed by atoms with Crippen LogP contribution in [0.2, 0.25) is 0 Å². The van der Waals surface area contributed by atoms with Crippen LogP contribution in [0.25, 0.3) is 11.2 Å². The van der Waals surface area contributed by atoms with Crippen molar-refractivity contribution in [3.63, 3.8) is 0 Å². The largest absolute Gasteiger partial charge is 0.394 e. The van der Waals surface area contributed by atoms with Crippen LogP contribution >= 0.6 is 0 Å². The fourth-order valence-electron chi connectivity index (χ4n) is 2.28. The molecule has 2 aromatic rings. The molecule has 1 fully saturated rings. The second kappa shape index (κ2) is 5.29. The summed E-state index contributed by atoms with van der Waals surface area (Å²) in [6, 6.07) is 0. The Bertz CT molecular complexity index is 604. The van der Waals surface area contributed by atoms with Crippen molar-refractivity contribution in [3.05, 3.63) is 12.7 Å². The van der Waals surface area contributed by atoms with E-state index in [1.165, 1.54) is 13.4 Å². The highest BCUT2D eigenvalue weighted by molar-refractivity contribution is 5.82. The lowest BCUT2D eigenvalue weighted by Gasteiger charge is -2.13. The van der Waals surface area contributed by atoms with Gasteiger partial charge in [0.05, 0.1) is 26.1 Å². The number of hydrogen-bond donors (Lipinski definition) is 3. The molecular formula is C11H15N5O4. The van der Waals surface area contributed by atoms with Gasteiger partial charge in [-0.25, -0.2) is 20.4 Å². The number of rotatable bonds is 4. The Balaban J connectivity index is 1.95. The molecule has 1 aliphatic rings. The van der Waals surface area contributed by atoms with Crippen LogP contribution in [-0.2, 0) is 9.57 Å². The third-order valence-electron chi connectivity index (χ3n) is 3.25. The molecule has 108 valence electrons. The molecule has 3 rings (SSSR count). The molecule has 3 N–H and O–H groups in total. The Hall–Kier alpha value is -1.81. The summed E-state index contributed by atoms with van der Waals surface area (Å²) in [6.07, 6.45) is 1.61. The van der Waals surface area contributed by atoms with Crippen molar-refractivity contribution in [3.8, 4) is 0 Å². The maximum absolute atomic E-state index is 9.79. The lowest BCUT2D eigenvalue weighted by Crippen LogP contribution is -2.24. The Labute approximate surface area is 114 Å². The van der Waals surface area contributed by atoms with Gasteiger partial charge in [0.15, 0.2) is 17.0 Å². The third-order valence-corrected chi connectivity index (χ3v) is 3.25. The number of nitrogens with one attached hydrogen (secondary N) is 1. The molecule has 0 bridgehead atoms. The third kappa shape index (κ3) is 2.10. The first kappa shape index (κ1) is 13.2. The molecule has 9 heteroatoms. The number of hydrogen-bond acceptors (Lipinski definition) is 8. The maximum atomic E-state index is 9.79. The zero-order valence-corrected chi connectivity index (χ0v) is 10.8. The van der Waals surface area contributed by atoms with E-state index in [0.29, 0.717) is 23.4 Å². The van der Waals surface area contributed by atoms with E-state index in [0.717, 1.165) is 0 Å². The number of nitrogens with zero attached hydrogens (tertiary/aromatic N) is 4. The van der Waals surface area contributed by atoms with E-state index in [1.807, 2.05) is 0 Å². The minimum atomic E-state index is -0.708. The Morgan fingerprint density at radius 1 is 1.50 bits per heavy atom. The van der Waals surface area contributed by atoms with Gasteiger partial charge in [0.2, 0.25) is 0 Å². The predicted octanol–water partition coefficient (Wildman–Crippen LogP) is -0.560. The summed E-state index contributed by atoms with van der Waals surface area (Å²) in [5.41, 5.74) is 3.73. The summed E-state index contributed by atoms with van der Waals surface area (Å²) in [5.74, 6) is 0.452. The highest BCUT2D eigenvalue weighted by Crippen LogP contribution is 2.31. The number of anilines is 1. The number of ether oxygens (including phenoxy) is 1. The molecule has 3 atom stereocenters. The minimum absolute atomic E-state index is 0.226. The quantitative estimate of drug-likeness (QED) is 0.640. The molecule has 1 aliphatic heterocycles. The van der Waals surface area contributed by atoms with Gasteiger partial charge in [-0.3, -0.25) is 9.40 Å². The molecular weight excluding hydrogens is 269 g/mol. The molecule has 1 saturated heterocycles. The molecule has 2 aromatic heterocycles. The van der Waals surface area contributed by atoms with Crippen molar-refractivity contribution in [2.24, 2.45) is 0 Å². The summed E-state index contributed by atoms with van der Waals surface area (Å²) in [7, 11) is 1.48. The molecule has 20 heavy (non-hydrogen) atoms. The molecule has 0 radical (unpaired) electrons. The van der Waals surface area contributed by atoms with Crippen molar-refractivity contribution in [2.75, 3.05) is 19.2 Å². The number of aromatic nitrogens is 4. The first-order chi connectivity index (χ1) is 9.74. The van der Waals surface area contributed by atoms with Crippen LogP contribution in [0, 0.1) is 0 Å². The number of fused-ring (bicyclic) bond motifs is 1. The van der Waals surface area contributed by atoms with Crippen LogP contribution in [0.3, 0.4) is 0 Å². The lowest BCUT2D eigenvalue weighted by atomic mass is 10.2. The van der Waals surface area contributed by atoms with E-state index >= 15 is 0 Å². The van der Waals surface area contributed by atoms with E-state index in [2.05, 4.69) is 20.4 Å². The molecule has 9 nitrogen and oxygen atoms in total. The predicted molar refractivity (Wildman–Crippen MR) is 67.6 cm³/mol. The Kier molecular flexibility index (Phi) is 3.49. The van der Waals surface area contributed by atoms with E-state index in [9.17, 15) is 5.11 Å². The van der Waals surface area contributed by atoms with Crippen molar-refractivity contribution in [1.29, 1.82) is 0 Å². The Morgan fingerprint density at radius 2 is 2.35 bits per heavy atom. The van der Waals surface area contributed by atoms with Crippen LogP contribution in [0.1, 0.15) is 12.6 Å². The fraction of sp³-hybridized carbons (Fsp3) is 0.545. The zero-order chi connectivity index (χ0) is 14.1. The highest BCUT2D eigenvalue weighted by Gasteiger charge is 2.35. The molecule has 0 unspecified atom stereocenters. The summed E-state index contributed by atoms with van der Waals surface area (Å²) >= 11 is 0. The van der Waals surface area contributed by atoms with Crippen LogP contribution in [0.15, 0.2) is 12.7 Å². The highest BCUT2D eigenvalue weighted by atomic mass is 16.6. The number of aliphatic hydroxyl groups excluding tert-OH is 2. The van der Waals surface area contributed by atoms with Crippen LogP contribution < -0.4 is 5.48 Å². The fourth-order valence-corrected chi connectivity index (χ4v) is 2.28. The average molecular weight is 284 g/mol. The molecule has 0 aromatic carbocycles. The molecule has 0 spiro atoms. The van der Waals surface area contributed by atoms with E-state index < -0.39 is 18.4 Å². The SMILES string of the molecule is CONc1[15n]cnc2c1[15n][13cH]n2[C@H]1C[C@H](O)[C@@H](CO)O1. The van der Waals surface area contributed by atoms with Crippen LogP contribution in [0.5, 0.6) is 0 Å². The van der Waals surface area contributed by atoms with Crippen LogP contribution in [-0.4, -0.2) is 55.7 Å². The summed E-state index contributed by atoms with van der Waals surface area (Å²) in [5, 5.41) is 18.9. The van der Waals surface area contributed by atoms with Gasteiger partial charge in [-0.15, -0.1) is 0 Å². The average Bonchev–Trinajstić information content (AvgIpc) is 3.03. The van der Waals surface area contributed by atoms with E-state index in [-0.39, 0.29) is 6.61 Å². The first-order valence-electron chi connectivity index (χ1n) is 6.15. The summed E-state index contributed by atoms with van der Waals surface area (Å²) in [4.78, 5) is 17.3. The van der Waals surface area contributed by atoms with Gasteiger partial charge in [-0.05, 0) is 0 Å². The van der Waals surface area contributed by atoms with Crippen molar-refractivity contribution in [1.82, 2.24) is 19.5 Å². The van der Waals surface area contributed by atoms with E-state index in [1.54, 1.807) is 10.9 Å². The van der Waals surface area contributed by atoms with Gasteiger partial charge in [0.1, 0.15) is 18.7 Å².